The number of aromatic nitrogens is 4. The van der Waals surface area contributed by atoms with Crippen LogP contribution in [0.2, 0.25) is 0 Å². The molecule has 0 saturated carbocycles. The minimum absolute atomic E-state index is 0.00670. The summed E-state index contributed by atoms with van der Waals surface area (Å²) in [4.78, 5) is 27.8. The van der Waals surface area contributed by atoms with Crippen molar-refractivity contribution < 1.29 is 14.3 Å². The summed E-state index contributed by atoms with van der Waals surface area (Å²) in [5.41, 5.74) is 2.39. The number of fused-ring (bicyclic) bond motifs is 1. The highest BCUT2D eigenvalue weighted by molar-refractivity contribution is 8.01. The SMILES string of the molecule is COC(=O)CCn1nnnc1C1N2C(=O)C(NC(c3ccccc3)(c3ccccc3)c3ccccc3)[C@@H]2SC1(C)C. The molecule has 2 aliphatic rings. The molecular weight excluding hydrogens is 536 g/mol. The van der Waals surface area contributed by atoms with Crippen LogP contribution in [0.15, 0.2) is 91.0 Å². The second-order valence-electron chi connectivity index (χ2n) is 10.8. The zero-order valence-electron chi connectivity index (χ0n) is 23.2. The number of aryl methyl sites for hydroxylation is 1. The minimum Gasteiger partial charge on any atom is -0.469 e. The fourth-order valence-corrected chi connectivity index (χ4v) is 7.71. The van der Waals surface area contributed by atoms with Crippen molar-refractivity contribution in [2.24, 2.45) is 0 Å². The lowest BCUT2D eigenvalue weighted by Gasteiger charge is -2.49. The second-order valence-corrected chi connectivity index (χ2v) is 12.6. The molecule has 2 fully saturated rings. The standard InChI is InChI=1S/C31H32N6O3S/c1-30(2)26(27-33-34-35-36(27)20-19-24(38)40-3)37-28(39)25(29(37)41-30)32-31(21-13-7-4-8-14-21,22-15-9-5-10-16-22)23-17-11-6-12-18-23/h4-18,25-26,29,32H,19-20H2,1-3H3/t25?,26?,29-/m0/s1. The monoisotopic (exact) mass is 568 g/mol. The molecule has 2 unspecified atom stereocenters. The molecule has 3 heterocycles. The van der Waals surface area contributed by atoms with Crippen molar-refractivity contribution in [2.75, 3.05) is 7.11 Å². The fraction of sp³-hybridized carbons (Fsp3) is 0.323. The Balaban J connectivity index is 1.38. The second kappa shape index (κ2) is 10.8. The third kappa shape index (κ3) is 4.61. The van der Waals surface area contributed by atoms with Crippen molar-refractivity contribution in [3.05, 3.63) is 114 Å². The number of carbonyl (C=O) groups excluding carboxylic acids is 2. The van der Waals surface area contributed by atoms with E-state index in [0.29, 0.717) is 5.82 Å². The summed E-state index contributed by atoms with van der Waals surface area (Å²) in [6.07, 6.45) is 0.143. The number of β-lactam (4-membered cyclic amide) rings is 1. The van der Waals surface area contributed by atoms with E-state index in [1.165, 1.54) is 7.11 Å². The largest absolute Gasteiger partial charge is 0.469 e. The average Bonchev–Trinajstić information content (AvgIpc) is 3.57. The summed E-state index contributed by atoms with van der Waals surface area (Å²) in [6, 6.07) is 30.1. The van der Waals surface area contributed by atoms with E-state index in [2.05, 4.69) is 71.1 Å². The molecule has 9 nitrogen and oxygen atoms in total. The van der Waals surface area contributed by atoms with Gasteiger partial charge in [-0.2, -0.15) is 0 Å². The Morgan fingerprint density at radius 3 is 2.00 bits per heavy atom. The van der Waals surface area contributed by atoms with Gasteiger partial charge in [-0.25, -0.2) is 4.68 Å². The molecule has 1 aromatic heterocycles. The summed E-state index contributed by atoms with van der Waals surface area (Å²) >= 11 is 1.74. The van der Waals surface area contributed by atoms with Crippen molar-refractivity contribution >= 4 is 23.6 Å². The molecule has 4 aromatic rings. The Morgan fingerprint density at radius 2 is 1.49 bits per heavy atom. The highest BCUT2D eigenvalue weighted by Crippen LogP contribution is 2.57. The number of hydrogen-bond acceptors (Lipinski definition) is 8. The van der Waals surface area contributed by atoms with E-state index < -0.39 is 11.6 Å². The predicted molar refractivity (Wildman–Crippen MR) is 156 cm³/mol. The number of methoxy groups -OCH3 is 1. The van der Waals surface area contributed by atoms with Gasteiger partial charge in [0.15, 0.2) is 5.82 Å². The van der Waals surface area contributed by atoms with Gasteiger partial charge in [0, 0.05) is 4.75 Å². The van der Waals surface area contributed by atoms with E-state index in [9.17, 15) is 9.59 Å². The molecule has 0 bridgehead atoms. The van der Waals surface area contributed by atoms with Gasteiger partial charge in [0.25, 0.3) is 0 Å². The number of ether oxygens (including phenoxy) is 1. The summed E-state index contributed by atoms with van der Waals surface area (Å²) in [6.45, 7) is 4.51. The molecule has 1 amide bonds. The summed E-state index contributed by atoms with van der Waals surface area (Å²) in [7, 11) is 1.36. The number of tetrazole rings is 1. The van der Waals surface area contributed by atoms with Gasteiger partial charge >= 0.3 is 5.97 Å². The Bertz CT molecular complexity index is 1430. The third-order valence-electron chi connectivity index (χ3n) is 7.99. The molecule has 210 valence electrons. The van der Waals surface area contributed by atoms with Gasteiger partial charge in [0.2, 0.25) is 5.91 Å². The maximum atomic E-state index is 14.1. The van der Waals surface area contributed by atoms with Crippen LogP contribution in [0, 0.1) is 0 Å². The van der Waals surface area contributed by atoms with E-state index in [1.54, 1.807) is 16.4 Å². The van der Waals surface area contributed by atoms with Gasteiger partial charge in [0.1, 0.15) is 17.5 Å². The topological polar surface area (TPSA) is 102 Å². The lowest BCUT2D eigenvalue weighted by molar-refractivity contribution is -0.150. The van der Waals surface area contributed by atoms with E-state index in [1.807, 2.05) is 59.5 Å². The first-order valence-electron chi connectivity index (χ1n) is 13.6. The van der Waals surface area contributed by atoms with Crippen LogP contribution in [0.5, 0.6) is 0 Å². The minimum atomic E-state index is -0.763. The van der Waals surface area contributed by atoms with Crippen LogP contribution in [0.1, 0.15) is 48.8 Å². The zero-order valence-corrected chi connectivity index (χ0v) is 24.0. The summed E-state index contributed by atoms with van der Waals surface area (Å²) in [5.74, 6) is 0.224. The third-order valence-corrected chi connectivity index (χ3v) is 9.56. The number of benzene rings is 3. The van der Waals surface area contributed by atoms with Crippen molar-refractivity contribution in [1.29, 1.82) is 0 Å². The molecule has 6 rings (SSSR count). The number of nitrogens with one attached hydrogen (secondary N) is 1. The number of rotatable bonds is 9. The molecule has 2 aliphatic heterocycles. The summed E-state index contributed by atoms with van der Waals surface area (Å²) < 4.78 is 6.04. The van der Waals surface area contributed by atoms with Crippen molar-refractivity contribution in [3.8, 4) is 0 Å². The van der Waals surface area contributed by atoms with Crippen LogP contribution in [0.3, 0.4) is 0 Å². The molecule has 0 spiro atoms. The van der Waals surface area contributed by atoms with Crippen LogP contribution < -0.4 is 5.32 Å². The molecule has 0 radical (unpaired) electrons. The average molecular weight is 569 g/mol. The molecule has 2 saturated heterocycles. The smallest absolute Gasteiger partial charge is 0.307 e. The first kappa shape index (κ1) is 27.2. The normalized spacial score (nSPS) is 21.3. The maximum absolute atomic E-state index is 14.1. The van der Waals surface area contributed by atoms with Crippen LogP contribution in [0.4, 0.5) is 0 Å². The summed E-state index contributed by atoms with van der Waals surface area (Å²) in [5, 5.41) is 16.1. The van der Waals surface area contributed by atoms with Crippen LogP contribution >= 0.6 is 11.8 Å². The highest BCUT2D eigenvalue weighted by Gasteiger charge is 2.64. The Morgan fingerprint density at radius 1 is 0.951 bits per heavy atom. The first-order chi connectivity index (χ1) is 19.9. The van der Waals surface area contributed by atoms with Crippen LogP contribution in [-0.4, -0.2) is 60.3 Å². The van der Waals surface area contributed by atoms with E-state index in [0.717, 1.165) is 16.7 Å². The number of thioether (sulfide) groups is 1. The molecular formula is C31H32N6O3S. The number of hydrogen-bond donors (Lipinski definition) is 1. The Hall–Kier alpha value is -4.02. The van der Waals surface area contributed by atoms with Crippen molar-refractivity contribution in [2.45, 2.75) is 54.6 Å². The number of amides is 1. The predicted octanol–water partition coefficient (Wildman–Crippen LogP) is 3.92. The van der Waals surface area contributed by atoms with E-state index >= 15 is 0 Å². The number of carbonyl (C=O) groups is 2. The molecule has 10 heteroatoms. The zero-order chi connectivity index (χ0) is 28.6. The Labute approximate surface area is 243 Å². The van der Waals surface area contributed by atoms with Gasteiger partial charge < -0.3 is 9.64 Å². The molecule has 1 N–H and O–H groups in total. The lowest BCUT2D eigenvalue weighted by atomic mass is 9.76. The first-order valence-corrected chi connectivity index (χ1v) is 14.5. The van der Waals surface area contributed by atoms with Crippen LogP contribution in [0.25, 0.3) is 0 Å². The van der Waals surface area contributed by atoms with Gasteiger partial charge in [-0.3, -0.25) is 14.9 Å². The maximum Gasteiger partial charge on any atom is 0.307 e. The van der Waals surface area contributed by atoms with E-state index in [4.69, 9.17) is 4.74 Å². The van der Waals surface area contributed by atoms with Crippen molar-refractivity contribution in [1.82, 2.24) is 30.4 Å². The Kier molecular flexibility index (Phi) is 7.13. The molecule has 0 aliphatic carbocycles. The quantitative estimate of drug-likeness (QED) is 0.184. The van der Waals surface area contributed by atoms with Crippen molar-refractivity contribution in [3.63, 3.8) is 0 Å². The van der Waals surface area contributed by atoms with E-state index in [-0.39, 0.29) is 41.0 Å². The molecule has 3 aromatic carbocycles. The molecule has 3 atom stereocenters. The number of esters is 1. The lowest BCUT2D eigenvalue weighted by Crippen LogP contribution is -2.70. The van der Waals surface area contributed by atoms with Crippen LogP contribution in [-0.2, 0) is 26.4 Å². The number of nitrogens with zero attached hydrogens (tertiary/aromatic N) is 5. The van der Waals surface area contributed by atoms with Gasteiger partial charge in [-0.1, -0.05) is 91.0 Å². The highest BCUT2D eigenvalue weighted by atomic mass is 32.2. The molecule has 41 heavy (non-hydrogen) atoms. The fourth-order valence-electron chi connectivity index (χ4n) is 6.08. The van der Waals surface area contributed by atoms with Gasteiger partial charge in [-0.05, 0) is 41.0 Å². The van der Waals surface area contributed by atoms with Gasteiger partial charge in [0.05, 0.1) is 25.6 Å². The van der Waals surface area contributed by atoms with Gasteiger partial charge in [-0.15, -0.1) is 16.9 Å².